The molecule has 2 aliphatic rings. The summed E-state index contributed by atoms with van der Waals surface area (Å²) in [5, 5.41) is 0. The van der Waals surface area contributed by atoms with E-state index in [1.165, 1.54) is 11.2 Å². The van der Waals surface area contributed by atoms with Crippen LogP contribution in [0.15, 0.2) is 29.2 Å². The standard InChI is InChI=1S/C21H29NO6S/c1-4-27-21(24)19-13-17-18(7-5-6-8-20(17)28-15(3)23)22(19)29(25,26)16-11-9-14(2)10-12-16/h9-12,17-20H,4-8,13H2,1-3H3/t17-,18-,19-,20-/m0/s1. The van der Waals surface area contributed by atoms with Crippen LogP contribution in [-0.4, -0.2) is 49.5 Å². The highest BCUT2D eigenvalue weighted by Crippen LogP contribution is 2.43. The van der Waals surface area contributed by atoms with Gasteiger partial charge in [-0.05, 0) is 51.7 Å². The van der Waals surface area contributed by atoms with E-state index in [0.29, 0.717) is 19.3 Å². The van der Waals surface area contributed by atoms with Crippen LogP contribution >= 0.6 is 0 Å². The Morgan fingerprint density at radius 1 is 1.14 bits per heavy atom. The van der Waals surface area contributed by atoms with Gasteiger partial charge in [0, 0.05) is 18.9 Å². The predicted octanol–water partition coefficient (Wildman–Crippen LogP) is 2.81. The van der Waals surface area contributed by atoms with E-state index < -0.39 is 34.2 Å². The van der Waals surface area contributed by atoms with Gasteiger partial charge in [-0.2, -0.15) is 4.31 Å². The largest absolute Gasteiger partial charge is 0.465 e. The van der Waals surface area contributed by atoms with E-state index in [2.05, 4.69) is 0 Å². The molecule has 0 spiro atoms. The van der Waals surface area contributed by atoms with E-state index in [9.17, 15) is 18.0 Å². The van der Waals surface area contributed by atoms with Crippen molar-refractivity contribution in [3.05, 3.63) is 29.8 Å². The molecule has 1 saturated heterocycles. The molecule has 0 bridgehead atoms. The molecule has 1 heterocycles. The molecule has 1 saturated carbocycles. The third-order valence-electron chi connectivity index (χ3n) is 5.81. The lowest BCUT2D eigenvalue weighted by Crippen LogP contribution is -2.46. The highest BCUT2D eigenvalue weighted by atomic mass is 32.2. The van der Waals surface area contributed by atoms with Crippen molar-refractivity contribution in [2.24, 2.45) is 5.92 Å². The number of hydrogen-bond acceptors (Lipinski definition) is 6. The number of rotatable bonds is 5. The molecular formula is C21H29NO6S. The van der Waals surface area contributed by atoms with Crippen LogP contribution in [0.1, 0.15) is 51.5 Å². The smallest absolute Gasteiger partial charge is 0.324 e. The Bertz CT molecular complexity index is 850. The molecule has 0 amide bonds. The summed E-state index contributed by atoms with van der Waals surface area (Å²) in [4.78, 5) is 24.5. The first-order chi connectivity index (χ1) is 13.8. The monoisotopic (exact) mass is 423 g/mol. The predicted molar refractivity (Wildman–Crippen MR) is 107 cm³/mol. The molecule has 0 N–H and O–H groups in total. The third-order valence-corrected chi connectivity index (χ3v) is 7.76. The molecule has 0 radical (unpaired) electrons. The Morgan fingerprint density at radius 3 is 2.41 bits per heavy atom. The van der Waals surface area contributed by atoms with Gasteiger partial charge < -0.3 is 9.47 Å². The Kier molecular flexibility index (Phi) is 6.63. The molecule has 160 valence electrons. The highest BCUT2D eigenvalue weighted by molar-refractivity contribution is 7.89. The van der Waals surface area contributed by atoms with E-state index in [-0.39, 0.29) is 23.4 Å². The van der Waals surface area contributed by atoms with Gasteiger partial charge >= 0.3 is 11.9 Å². The summed E-state index contributed by atoms with van der Waals surface area (Å²) in [5.74, 6) is -1.16. The number of benzene rings is 1. The second kappa shape index (κ2) is 8.83. The van der Waals surface area contributed by atoms with Crippen molar-refractivity contribution in [1.29, 1.82) is 0 Å². The van der Waals surface area contributed by atoms with Crippen molar-refractivity contribution in [3.63, 3.8) is 0 Å². The molecule has 29 heavy (non-hydrogen) atoms. The Balaban J connectivity index is 2.03. The van der Waals surface area contributed by atoms with Crippen molar-refractivity contribution in [3.8, 4) is 0 Å². The van der Waals surface area contributed by atoms with Gasteiger partial charge in [-0.15, -0.1) is 0 Å². The van der Waals surface area contributed by atoms with Crippen molar-refractivity contribution in [2.75, 3.05) is 6.61 Å². The van der Waals surface area contributed by atoms with Crippen LogP contribution < -0.4 is 0 Å². The zero-order valence-corrected chi connectivity index (χ0v) is 18.0. The molecule has 0 aromatic heterocycles. The lowest BCUT2D eigenvalue weighted by atomic mass is 9.91. The van der Waals surface area contributed by atoms with Crippen LogP contribution in [-0.2, 0) is 29.1 Å². The van der Waals surface area contributed by atoms with E-state index in [4.69, 9.17) is 9.47 Å². The number of aryl methyl sites for hydroxylation is 1. The van der Waals surface area contributed by atoms with Crippen molar-refractivity contribution >= 4 is 22.0 Å². The van der Waals surface area contributed by atoms with Gasteiger partial charge in [0.05, 0.1) is 11.5 Å². The number of esters is 2. The van der Waals surface area contributed by atoms with Gasteiger partial charge in [0.2, 0.25) is 10.0 Å². The first-order valence-corrected chi connectivity index (χ1v) is 11.6. The maximum absolute atomic E-state index is 13.6. The molecule has 8 heteroatoms. The van der Waals surface area contributed by atoms with Crippen LogP contribution in [0.5, 0.6) is 0 Å². The molecule has 3 rings (SSSR count). The quantitative estimate of drug-likeness (QED) is 0.677. The average Bonchev–Trinajstić information content (AvgIpc) is 2.95. The van der Waals surface area contributed by atoms with E-state index >= 15 is 0 Å². The third kappa shape index (κ3) is 4.48. The fourth-order valence-electron chi connectivity index (χ4n) is 4.57. The molecule has 7 nitrogen and oxygen atoms in total. The number of hydrogen-bond donors (Lipinski definition) is 0. The van der Waals surface area contributed by atoms with Gasteiger partial charge in [0.15, 0.2) is 0 Å². The highest BCUT2D eigenvalue weighted by Gasteiger charge is 2.54. The maximum atomic E-state index is 13.6. The Morgan fingerprint density at radius 2 is 1.79 bits per heavy atom. The van der Waals surface area contributed by atoms with Crippen molar-refractivity contribution in [2.45, 2.75) is 76.0 Å². The number of ether oxygens (including phenoxy) is 2. The summed E-state index contributed by atoms with van der Waals surface area (Å²) in [6.45, 7) is 5.12. The second-order valence-electron chi connectivity index (χ2n) is 7.82. The number of nitrogens with zero attached hydrogens (tertiary/aromatic N) is 1. The molecule has 1 aromatic rings. The number of carbonyl (C=O) groups is 2. The second-order valence-corrected chi connectivity index (χ2v) is 9.66. The first kappa shape index (κ1) is 21.8. The molecule has 1 aromatic carbocycles. The van der Waals surface area contributed by atoms with Crippen LogP contribution in [0, 0.1) is 12.8 Å². The van der Waals surface area contributed by atoms with E-state index in [1.54, 1.807) is 31.2 Å². The summed E-state index contributed by atoms with van der Waals surface area (Å²) in [5.41, 5.74) is 0.953. The number of sulfonamides is 1. The first-order valence-electron chi connectivity index (χ1n) is 10.2. The van der Waals surface area contributed by atoms with Crippen molar-refractivity contribution in [1.82, 2.24) is 4.31 Å². The minimum Gasteiger partial charge on any atom is -0.465 e. The van der Waals surface area contributed by atoms with Gasteiger partial charge in [0.1, 0.15) is 12.1 Å². The van der Waals surface area contributed by atoms with Crippen LogP contribution in [0.25, 0.3) is 0 Å². The van der Waals surface area contributed by atoms with E-state index in [1.807, 2.05) is 6.92 Å². The number of carbonyl (C=O) groups excluding carboxylic acids is 2. The maximum Gasteiger partial charge on any atom is 0.324 e. The molecule has 4 atom stereocenters. The minimum atomic E-state index is -3.91. The van der Waals surface area contributed by atoms with Gasteiger partial charge in [0.25, 0.3) is 0 Å². The fraction of sp³-hybridized carbons (Fsp3) is 0.619. The number of fused-ring (bicyclic) bond motifs is 1. The zero-order chi connectivity index (χ0) is 21.2. The fourth-order valence-corrected chi connectivity index (χ4v) is 6.42. The topological polar surface area (TPSA) is 90.0 Å². The SMILES string of the molecule is CCOC(=O)[C@@H]1C[C@@H]2[C@@H](OC(C)=O)CCCC[C@@H]2N1S(=O)(=O)c1ccc(C)cc1. The zero-order valence-electron chi connectivity index (χ0n) is 17.2. The molecular weight excluding hydrogens is 394 g/mol. The van der Waals surface area contributed by atoms with Crippen LogP contribution in [0.4, 0.5) is 0 Å². The summed E-state index contributed by atoms with van der Waals surface area (Å²) in [6, 6.07) is 5.32. The van der Waals surface area contributed by atoms with Crippen molar-refractivity contribution < 1.29 is 27.5 Å². The van der Waals surface area contributed by atoms with Gasteiger partial charge in [-0.25, -0.2) is 8.42 Å². The molecule has 0 unspecified atom stereocenters. The van der Waals surface area contributed by atoms with Crippen LogP contribution in [0.2, 0.25) is 0 Å². The molecule has 1 aliphatic carbocycles. The summed E-state index contributed by atoms with van der Waals surface area (Å²) in [6.07, 6.45) is 2.88. The summed E-state index contributed by atoms with van der Waals surface area (Å²) < 4.78 is 39.2. The molecule has 2 fully saturated rings. The Labute approximate surface area is 172 Å². The minimum absolute atomic E-state index is 0.159. The van der Waals surface area contributed by atoms with Gasteiger partial charge in [-0.3, -0.25) is 9.59 Å². The normalized spacial score (nSPS) is 27.7. The van der Waals surface area contributed by atoms with E-state index in [0.717, 1.165) is 18.4 Å². The Hall–Kier alpha value is -1.93. The van der Waals surface area contributed by atoms with Crippen LogP contribution in [0.3, 0.4) is 0 Å². The lowest BCUT2D eigenvalue weighted by molar-refractivity contribution is -0.149. The average molecular weight is 424 g/mol. The lowest BCUT2D eigenvalue weighted by Gasteiger charge is -2.30. The summed E-state index contributed by atoms with van der Waals surface area (Å²) >= 11 is 0. The van der Waals surface area contributed by atoms with Gasteiger partial charge in [-0.1, -0.05) is 24.1 Å². The molecule has 1 aliphatic heterocycles. The summed E-state index contributed by atoms with van der Waals surface area (Å²) in [7, 11) is -3.91.